The Hall–Kier alpha value is -2.41. The number of hydrogen-bond donors (Lipinski definition) is 0. The highest BCUT2D eigenvalue weighted by Gasteiger charge is 2.43. The Balaban J connectivity index is 2.10. The van der Waals surface area contributed by atoms with Gasteiger partial charge in [-0.3, -0.25) is 19.2 Å². The lowest BCUT2D eigenvalue weighted by molar-refractivity contribution is -0.154. The predicted molar refractivity (Wildman–Crippen MR) is 114 cm³/mol. The van der Waals surface area contributed by atoms with Gasteiger partial charge in [0.05, 0.1) is 10.6 Å². The lowest BCUT2D eigenvalue weighted by atomic mass is 10.0. The van der Waals surface area contributed by atoms with Gasteiger partial charge >= 0.3 is 0 Å². The summed E-state index contributed by atoms with van der Waals surface area (Å²) in [5.74, 6) is -2.32. The number of carbonyl (C=O) groups is 4. The van der Waals surface area contributed by atoms with E-state index in [0.717, 1.165) is 10.0 Å². The average molecular weight is 468 g/mol. The molecule has 1 aliphatic heterocycles. The molecule has 0 radical (unpaired) electrons. The van der Waals surface area contributed by atoms with Gasteiger partial charge in [0.25, 0.3) is 5.91 Å². The van der Waals surface area contributed by atoms with E-state index in [1.165, 1.54) is 24.3 Å². The van der Waals surface area contributed by atoms with Gasteiger partial charge in [0.2, 0.25) is 11.8 Å². The monoisotopic (exact) mass is 466 g/mol. The van der Waals surface area contributed by atoms with Crippen molar-refractivity contribution in [3.05, 3.63) is 69.7 Å². The van der Waals surface area contributed by atoms with Crippen LogP contribution in [0.2, 0.25) is 10.0 Å². The van der Waals surface area contributed by atoms with Gasteiger partial charge in [-0.2, -0.15) is 5.01 Å². The Labute approximate surface area is 188 Å². The zero-order valence-electron chi connectivity index (χ0n) is 15.7. The fraction of sp³-hybridized carbons (Fsp3) is 0.238. The van der Waals surface area contributed by atoms with Crippen molar-refractivity contribution in [2.24, 2.45) is 0 Å². The van der Waals surface area contributed by atoms with Crippen LogP contribution in [-0.2, 0) is 9.59 Å². The number of benzene rings is 2. The number of ketones is 1. The number of amides is 3. The molecule has 6 nitrogen and oxygen atoms in total. The van der Waals surface area contributed by atoms with Crippen molar-refractivity contribution < 1.29 is 19.2 Å². The number of halogens is 3. The van der Waals surface area contributed by atoms with Crippen LogP contribution < -0.4 is 0 Å². The molecule has 1 heterocycles. The Bertz CT molecular complexity index is 978. The molecule has 0 spiro atoms. The number of imide groups is 1. The normalized spacial score (nSPS) is 14.7. The fourth-order valence-corrected chi connectivity index (χ4v) is 3.76. The third-order valence-corrected chi connectivity index (χ3v) is 5.46. The molecule has 0 aromatic heterocycles. The van der Waals surface area contributed by atoms with Gasteiger partial charge in [-0.15, -0.1) is 11.6 Å². The van der Waals surface area contributed by atoms with E-state index in [0.29, 0.717) is 5.02 Å². The van der Waals surface area contributed by atoms with Crippen LogP contribution in [0.4, 0.5) is 0 Å². The number of rotatable bonds is 7. The van der Waals surface area contributed by atoms with Gasteiger partial charge in [0, 0.05) is 29.3 Å². The van der Waals surface area contributed by atoms with Gasteiger partial charge in [-0.05, 0) is 42.8 Å². The first-order valence-corrected chi connectivity index (χ1v) is 10.4. The molecule has 1 saturated heterocycles. The van der Waals surface area contributed by atoms with Crippen LogP contribution in [0.1, 0.15) is 40.0 Å². The van der Waals surface area contributed by atoms with Crippen LogP contribution in [0.15, 0.2) is 48.5 Å². The summed E-state index contributed by atoms with van der Waals surface area (Å²) in [5, 5.41) is 2.22. The minimum Gasteiger partial charge on any atom is -0.292 e. The number of carbonyl (C=O) groups excluding carboxylic acids is 4. The first kappa shape index (κ1) is 22.3. The van der Waals surface area contributed by atoms with E-state index in [-0.39, 0.29) is 41.3 Å². The van der Waals surface area contributed by atoms with E-state index in [1.54, 1.807) is 24.3 Å². The Morgan fingerprint density at radius 2 is 1.57 bits per heavy atom. The Morgan fingerprint density at radius 1 is 0.967 bits per heavy atom. The fourth-order valence-electron chi connectivity index (χ4n) is 3.21. The van der Waals surface area contributed by atoms with Gasteiger partial charge < -0.3 is 0 Å². The SMILES string of the molecule is O=C(c1ccc(Cl)cc1)[C@@H](CCCl)N(C(=O)c1ccccc1Cl)N1C(=O)CCC1=O. The zero-order valence-corrected chi connectivity index (χ0v) is 18.0. The Morgan fingerprint density at radius 3 is 2.13 bits per heavy atom. The Kier molecular flexibility index (Phi) is 7.13. The van der Waals surface area contributed by atoms with Crippen molar-refractivity contribution in [2.45, 2.75) is 25.3 Å². The summed E-state index contributed by atoms with van der Waals surface area (Å²) < 4.78 is 0. The van der Waals surface area contributed by atoms with Crippen LogP contribution in [0, 0.1) is 0 Å². The lowest BCUT2D eigenvalue weighted by Crippen LogP contribution is -2.57. The highest BCUT2D eigenvalue weighted by atomic mass is 35.5. The maximum absolute atomic E-state index is 13.4. The summed E-state index contributed by atoms with van der Waals surface area (Å²) >= 11 is 18.0. The van der Waals surface area contributed by atoms with Crippen LogP contribution >= 0.6 is 34.8 Å². The summed E-state index contributed by atoms with van der Waals surface area (Å²) in [6.07, 6.45) is -0.0714. The van der Waals surface area contributed by atoms with Crippen molar-refractivity contribution in [1.29, 1.82) is 0 Å². The molecule has 1 fully saturated rings. The third-order valence-electron chi connectivity index (χ3n) is 4.66. The number of nitrogens with zero attached hydrogens (tertiary/aromatic N) is 2. The van der Waals surface area contributed by atoms with Crippen LogP contribution in [-0.4, -0.2) is 45.4 Å². The van der Waals surface area contributed by atoms with E-state index in [4.69, 9.17) is 34.8 Å². The molecule has 0 N–H and O–H groups in total. The topological polar surface area (TPSA) is 74.8 Å². The molecule has 156 valence electrons. The molecule has 30 heavy (non-hydrogen) atoms. The second-order valence-corrected chi connectivity index (χ2v) is 7.82. The molecule has 3 amide bonds. The molecule has 1 aliphatic rings. The quantitative estimate of drug-likeness (QED) is 0.344. The smallest absolute Gasteiger partial charge is 0.275 e. The molecule has 9 heteroatoms. The number of hydrogen-bond acceptors (Lipinski definition) is 4. The second kappa shape index (κ2) is 9.60. The third kappa shape index (κ3) is 4.51. The molecule has 2 aromatic rings. The number of Topliss-reactive ketones (excluding diaryl/α,β-unsaturated/α-hetero) is 1. The molecule has 0 saturated carbocycles. The van der Waals surface area contributed by atoms with Gasteiger partial charge in [0.1, 0.15) is 6.04 Å². The van der Waals surface area contributed by atoms with Crippen molar-refractivity contribution in [2.75, 3.05) is 5.88 Å². The van der Waals surface area contributed by atoms with Gasteiger partial charge in [0.15, 0.2) is 5.78 Å². The van der Waals surface area contributed by atoms with E-state index in [1.807, 2.05) is 0 Å². The van der Waals surface area contributed by atoms with Gasteiger partial charge in [-0.25, -0.2) is 5.01 Å². The van der Waals surface area contributed by atoms with E-state index < -0.39 is 29.5 Å². The lowest BCUT2D eigenvalue weighted by Gasteiger charge is -2.36. The minimum atomic E-state index is -1.18. The molecule has 0 aliphatic carbocycles. The predicted octanol–water partition coefficient (Wildman–Crippen LogP) is 4.38. The van der Waals surface area contributed by atoms with Crippen molar-refractivity contribution in [3.63, 3.8) is 0 Å². The highest BCUT2D eigenvalue weighted by Crippen LogP contribution is 2.27. The largest absolute Gasteiger partial charge is 0.292 e. The summed E-state index contributed by atoms with van der Waals surface area (Å²) in [7, 11) is 0. The first-order valence-electron chi connectivity index (χ1n) is 9.14. The molecular weight excluding hydrogens is 451 g/mol. The number of hydrazine groups is 1. The van der Waals surface area contributed by atoms with Crippen LogP contribution in [0.5, 0.6) is 0 Å². The van der Waals surface area contributed by atoms with Gasteiger partial charge in [-0.1, -0.05) is 35.3 Å². The molecule has 2 aromatic carbocycles. The summed E-state index contributed by atoms with van der Waals surface area (Å²) in [4.78, 5) is 51.7. The van der Waals surface area contributed by atoms with Crippen molar-refractivity contribution in [3.8, 4) is 0 Å². The summed E-state index contributed by atoms with van der Waals surface area (Å²) in [5.41, 5.74) is 0.334. The molecular formula is C21H17Cl3N2O4. The van der Waals surface area contributed by atoms with Crippen molar-refractivity contribution in [1.82, 2.24) is 10.0 Å². The first-order chi connectivity index (χ1) is 14.3. The summed E-state index contributed by atoms with van der Waals surface area (Å²) in [6, 6.07) is 11.1. The maximum Gasteiger partial charge on any atom is 0.275 e. The second-order valence-electron chi connectivity index (χ2n) is 6.59. The molecule has 3 rings (SSSR count). The minimum absolute atomic E-state index is 0.0204. The molecule has 0 bridgehead atoms. The molecule has 0 unspecified atom stereocenters. The average Bonchev–Trinajstić information content (AvgIpc) is 3.06. The van der Waals surface area contributed by atoms with E-state index in [9.17, 15) is 19.2 Å². The van der Waals surface area contributed by atoms with Crippen molar-refractivity contribution >= 4 is 58.3 Å². The number of alkyl halides is 1. The highest BCUT2D eigenvalue weighted by molar-refractivity contribution is 6.34. The molecule has 1 atom stereocenters. The van der Waals surface area contributed by atoms with E-state index >= 15 is 0 Å². The standard InChI is InChI=1S/C21H17Cl3N2O4/c22-12-11-17(20(29)13-5-7-14(23)8-6-13)25(26-18(27)9-10-19(26)28)21(30)15-3-1-2-4-16(15)24/h1-8,17H,9-12H2/t17-/m1/s1. The van der Waals surface area contributed by atoms with E-state index in [2.05, 4.69) is 0 Å². The zero-order chi connectivity index (χ0) is 21.8. The van der Waals surface area contributed by atoms with Crippen LogP contribution in [0.25, 0.3) is 0 Å². The maximum atomic E-state index is 13.4. The summed E-state index contributed by atoms with van der Waals surface area (Å²) in [6.45, 7) is 0. The van der Waals surface area contributed by atoms with Crippen LogP contribution in [0.3, 0.4) is 0 Å².